The topological polar surface area (TPSA) is 36.3 Å². The van der Waals surface area contributed by atoms with Gasteiger partial charge >= 0.3 is 0 Å². The zero-order valence-corrected chi connectivity index (χ0v) is 11.1. The number of hydrogen-bond donors (Lipinski definition) is 0. The molecule has 1 heterocycles. The predicted molar refractivity (Wildman–Crippen MR) is 72.7 cm³/mol. The third-order valence-electron chi connectivity index (χ3n) is 3.64. The van der Waals surface area contributed by atoms with E-state index >= 15 is 0 Å². The fourth-order valence-electron chi connectivity index (χ4n) is 2.43. The molecule has 0 saturated carbocycles. The smallest absolute Gasteiger partial charge is 0.0994 e. The Labute approximate surface area is 109 Å². The molecule has 96 valence electrons. The minimum Gasteiger partial charge on any atom is -0.381 e. The molecule has 1 aromatic carbocycles. The minimum atomic E-state index is 0.722. The summed E-state index contributed by atoms with van der Waals surface area (Å²) < 4.78 is 5.38. The first-order valence-corrected chi connectivity index (χ1v) is 6.50. The molecule has 0 N–H and O–H groups in total. The molecule has 0 amide bonds. The molecule has 3 nitrogen and oxygen atoms in total. The molecular formula is C15H20N2O. The average molecular weight is 244 g/mol. The van der Waals surface area contributed by atoms with E-state index in [9.17, 15) is 0 Å². The highest BCUT2D eigenvalue weighted by Gasteiger charge is 2.16. The Kier molecular flexibility index (Phi) is 4.22. The van der Waals surface area contributed by atoms with Gasteiger partial charge in [-0.1, -0.05) is 0 Å². The summed E-state index contributed by atoms with van der Waals surface area (Å²) in [5.74, 6) is 0.722. The van der Waals surface area contributed by atoms with Crippen molar-refractivity contribution in [2.75, 3.05) is 31.7 Å². The molecule has 0 bridgehead atoms. The number of benzene rings is 1. The first kappa shape index (κ1) is 12.9. The highest BCUT2D eigenvalue weighted by Crippen LogP contribution is 2.22. The monoisotopic (exact) mass is 244 g/mol. The normalized spacial score (nSPS) is 16.3. The third-order valence-corrected chi connectivity index (χ3v) is 3.64. The second-order valence-corrected chi connectivity index (χ2v) is 5.05. The highest BCUT2D eigenvalue weighted by molar-refractivity contribution is 5.53. The number of nitriles is 1. The largest absolute Gasteiger partial charge is 0.381 e. The maximum atomic E-state index is 8.93. The van der Waals surface area contributed by atoms with Crippen molar-refractivity contribution in [1.82, 2.24) is 0 Å². The molecular weight excluding hydrogens is 224 g/mol. The lowest BCUT2D eigenvalue weighted by Crippen LogP contribution is -2.29. The van der Waals surface area contributed by atoms with Crippen LogP contribution in [0.2, 0.25) is 0 Å². The Morgan fingerprint density at radius 2 is 2.11 bits per heavy atom. The van der Waals surface area contributed by atoms with Crippen LogP contribution in [0.15, 0.2) is 18.2 Å². The van der Waals surface area contributed by atoms with Gasteiger partial charge < -0.3 is 9.64 Å². The molecule has 0 aliphatic carbocycles. The molecule has 0 aromatic heterocycles. The van der Waals surface area contributed by atoms with E-state index in [1.165, 1.54) is 5.69 Å². The molecule has 0 atom stereocenters. The van der Waals surface area contributed by atoms with E-state index in [2.05, 4.69) is 24.1 Å². The second-order valence-electron chi connectivity index (χ2n) is 5.05. The molecule has 3 heteroatoms. The van der Waals surface area contributed by atoms with Crippen LogP contribution >= 0.6 is 0 Å². The highest BCUT2D eigenvalue weighted by atomic mass is 16.5. The lowest BCUT2D eigenvalue weighted by atomic mass is 9.99. The molecule has 1 aromatic rings. The second kappa shape index (κ2) is 5.88. The molecule has 1 saturated heterocycles. The maximum absolute atomic E-state index is 8.93. The Balaban J connectivity index is 2.02. The number of aryl methyl sites for hydroxylation is 1. The zero-order valence-electron chi connectivity index (χ0n) is 11.1. The van der Waals surface area contributed by atoms with Crippen LogP contribution in [-0.2, 0) is 4.74 Å². The number of hydrogen-bond acceptors (Lipinski definition) is 3. The maximum Gasteiger partial charge on any atom is 0.0994 e. The van der Waals surface area contributed by atoms with E-state index in [1.807, 2.05) is 19.1 Å². The molecule has 1 aliphatic heterocycles. The number of nitrogens with zero attached hydrogens (tertiary/aromatic N) is 2. The Hall–Kier alpha value is -1.53. The number of rotatable bonds is 3. The Morgan fingerprint density at radius 1 is 1.39 bits per heavy atom. The van der Waals surface area contributed by atoms with Crippen molar-refractivity contribution in [3.63, 3.8) is 0 Å². The van der Waals surface area contributed by atoms with Crippen LogP contribution in [-0.4, -0.2) is 26.8 Å². The quantitative estimate of drug-likeness (QED) is 0.820. The van der Waals surface area contributed by atoms with E-state index in [-0.39, 0.29) is 0 Å². The number of ether oxygens (including phenoxy) is 1. The van der Waals surface area contributed by atoms with Crippen molar-refractivity contribution in [2.24, 2.45) is 5.92 Å². The van der Waals surface area contributed by atoms with Crippen LogP contribution in [0.25, 0.3) is 0 Å². The molecule has 0 radical (unpaired) electrons. The van der Waals surface area contributed by atoms with E-state index in [0.717, 1.165) is 49.6 Å². The van der Waals surface area contributed by atoms with Crippen molar-refractivity contribution < 1.29 is 4.74 Å². The van der Waals surface area contributed by atoms with Gasteiger partial charge in [-0.3, -0.25) is 0 Å². The summed E-state index contributed by atoms with van der Waals surface area (Å²) in [6.07, 6.45) is 2.30. The van der Waals surface area contributed by atoms with Gasteiger partial charge in [0.25, 0.3) is 0 Å². The van der Waals surface area contributed by atoms with Crippen molar-refractivity contribution in [2.45, 2.75) is 19.8 Å². The Bertz CT molecular complexity index is 444. The van der Waals surface area contributed by atoms with E-state index in [1.54, 1.807) is 0 Å². The lowest BCUT2D eigenvalue weighted by molar-refractivity contribution is 0.0685. The molecule has 0 unspecified atom stereocenters. The fourth-order valence-corrected chi connectivity index (χ4v) is 2.43. The van der Waals surface area contributed by atoms with Crippen LogP contribution in [0.1, 0.15) is 24.0 Å². The Morgan fingerprint density at radius 3 is 2.72 bits per heavy atom. The molecule has 2 rings (SSSR count). The van der Waals surface area contributed by atoms with Crippen molar-refractivity contribution in [3.8, 4) is 6.07 Å². The summed E-state index contributed by atoms with van der Waals surface area (Å²) in [6, 6.07) is 8.24. The summed E-state index contributed by atoms with van der Waals surface area (Å²) in [7, 11) is 2.12. The van der Waals surface area contributed by atoms with E-state index in [4.69, 9.17) is 10.00 Å². The first-order valence-electron chi connectivity index (χ1n) is 6.50. The van der Waals surface area contributed by atoms with Crippen molar-refractivity contribution >= 4 is 5.69 Å². The van der Waals surface area contributed by atoms with Gasteiger partial charge in [0.05, 0.1) is 11.6 Å². The van der Waals surface area contributed by atoms with Crippen LogP contribution in [0.4, 0.5) is 5.69 Å². The third kappa shape index (κ3) is 3.02. The molecule has 0 spiro atoms. The van der Waals surface area contributed by atoms with Crippen molar-refractivity contribution in [3.05, 3.63) is 29.3 Å². The van der Waals surface area contributed by atoms with Gasteiger partial charge in [-0.2, -0.15) is 5.26 Å². The first-order chi connectivity index (χ1) is 8.70. The average Bonchev–Trinajstić information content (AvgIpc) is 2.39. The lowest BCUT2D eigenvalue weighted by Gasteiger charge is -2.28. The predicted octanol–water partition coefficient (Wildman–Crippen LogP) is 2.73. The SMILES string of the molecule is Cc1cc(N(C)CC2CCOCC2)ccc1C#N. The van der Waals surface area contributed by atoms with Gasteiger partial charge in [-0.25, -0.2) is 0 Å². The van der Waals surface area contributed by atoms with Gasteiger partial charge in [0.2, 0.25) is 0 Å². The summed E-state index contributed by atoms with van der Waals surface area (Å²) >= 11 is 0. The van der Waals surface area contributed by atoms with Gasteiger partial charge in [-0.05, 0) is 49.4 Å². The molecule has 18 heavy (non-hydrogen) atoms. The number of anilines is 1. The van der Waals surface area contributed by atoms with Crippen LogP contribution < -0.4 is 4.90 Å². The standard InChI is InChI=1S/C15H20N2O/c1-12-9-15(4-3-14(12)10-16)17(2)11-13-5-7-18-8-6-13/h3-4,9,13H,5-8,11H2,1-2H3. The van der Waals surface area contributed by atoms with Gasteiger partial charge in [0, 0.05) is 32.5 Å². The van der Waals surface area contributed by atoms with Gasteiger partial charge in [0.1, 0.15) is 0 Å². The minimum absolute atomic E-state index is 0.722. The summed E-state index contributed by atoms with van der Waals surface area (Å²) in [5, 5.41) is 8.93. The summed E-state index contributed by atoms with van der Waals surface area (Å²) in [5.41, 5.74) is 3.00. The summed E-state index contributed by atoms with van der Waals surface area (Å²) in [6.45, 7) is 4.84. The summed E-state index contributed by atoms with van der Waals surface area (Å²) in [4.78, 5) is 2.28. The van der Waals surface area contributed by atoms with Crippen LogP contribution in [0.3, 0.4) is 0 Å². The van der Waals surface area contributed by atoms with E-state index in [0.29, 0.717) is 0 Å². The van der Waals surface area contributed by atoms with Crippen LogP contribution in [0.5, 0.6) is 0 Å². The molecule has 1 aliphatic rings. The van der Waals surface area contributed by atoms with Crippen LogP contribution in [0, 0.1) is 24.2 Å². The van der Waals surface area contributed by atoms with E-state index < -0.39 is 0 Å². The zero-order chi connectivity index (χ0) is 13.0. The fraction of sp³-hybridized carbons (Fsp3) is 0.533. The van der Waals surface area contributed by atoms with Crippen molar-refractivity contribution in [1.29, 1.82) is 5.26 Å². The van der Waals surface area contributed by atoms with Gasteiger partial charge in [-0.15, -0.1) is 0 Å². The van der Waals surface area contributed by atoms with Gasteiger partial charge in [0.15, 0.2) is 0 Å². The molecule has 1 fully saturated rings.